The number of hydrogen-bond acceptors (Lipinski definition) is 4. The first kappa shape index (κ1) is 15.0. The average Bonchev–Trinajstić information content (AvgIpc) is 3.01. The molecule has 1 atom stereocenters. The van der Waals surface area contributed by atoms with E-state index < -0.39 is 0 Å². The number of rotatable bonds is 2. The molecule has 3 rings (SSSR count). The maximum absolute atomic E-state index is 12.6. The van der Waals surface area contributed by atoms with E-state index in [0.717, 1.165) is 17.1 Å². The number of carbonyl (C=O) groups is 1. The van der Waals surface area contributed by atoms with Crippen molar-refractivity contribution < 1.29 is 4.79 Å². The Morgan fingerprint density at radius 1 is 1.50 bits per heavy atom. The predicted molar refractivity (Wildman–Crippen MR) is 83.7 cm³/mol. The lowest BCUT2D eigenvalue weighted by molar-refractivity contribution is 0.0977. The molecule has 0 bridgehead atoms. The van der Waals surface area contributed by atoms with Gasteiger partial charge < -0.3 is 10.6 Å². The number of fused-ring (bicyclic) bond motifs is 1. The van der Waals surface area contributed by atoms with Gasteiger partial charge in [-0.05, 0) is 25.0 Å². The normalized spacial score (nSPS) is 16.7. The van der Waals surface area contributed by atoms with Crippen LogP contribution in [0.15, 0.2) is 29.6 Å². The summed E-state index contributed by atoms with van der Waals surface area (Å²) in [5, 5.41) is 2.58. The third kappa shape index (κ3) is 2.44. The van der Waals surface area contributed by atoms with Crippen molar-refractivity contribution in [2.24, 2.45) is 5.73 Å². The van der Waals surface area contributed by atoms with Crippen LogP contribution in [-0.2, 0) is 13.0 Å². The van der Waals surface area contributed by atoms with E-state index in [-0.39, 0.29) is 24.4 Å². The Bertz CT molecular complexity index is 628. The van der Waals surface area contributed by atoms with Crippen LogP contribution in [0.1, 0.15) is 28.0 Å². The Morgan fingerprint density at radius 3 is 2.95 bits per heavy atom. The van der Waals surface area contributed by atoms with Gasteiger partial charge in [0.2, 0.25) is 0 Å². The predicted octanol–water partition coefficient (Wildman–Crippen LogP) is 2.62. The summed E-state index contributed by atoms with van der Waals surface area (Å²) in [5.41, 5.74) is 8.26. The topological polar surface area (TPSA) is 59.2 Å². The lowest BCUT2D eigenvalue weighted by Crippen LogP contribution is -2.35. The molecule has 1 unspecified atom stereocenters. The van der Waals surface area contributed by atoms with Crippen LogP contribution in [0.5, 0.6) is 0 Å². The second-order valence-electron chi connectivity index (χ2n) is 4.69. The third-order valence-electron chi connectivity index (χ3n) is 3.37. The summed E-state index contributed by atoms with van der Waals surface area (Å²) in [7, 11) is 0. The van der Waals surface area contributed by atoms with Gasteiger partial charge in [0.15, 0.2) is 0 Å². The minimum Gasteiger partial charge on any atom is -0.325 e. The summed E-state index contributed by atoms with van der Waals surface area (Å²) in [6.07, 6.45) is 0.899. The highest BCUT2D eigenvalue weighted by atomic mass is 35.5. The van der Waals surface area contributed by atoms with Crippen molar-refractivity contribution in [1.29, 1.82) is 0 Å². The van der Waals surface area contributed by atoms with Crippen molar-refractivity contribution in [1.82, 2.24) is 4.98 Å². The molecular weight excluding hydrogens is 294 g/mol. The Labute approximate surface area is 128 Å². The van der Waals surface area contributed by atoms with Crippen LogP contribution in [-0.4, -0.2) is 16.9 Å². The molecule has 106 valence electrons. The van der Waals surface area contributed by atoms with Gasteiger partial charge in [-0.3, -0.25) is 4.79 Å². The monoisotopic (exact) mass is 309 g/mol. The number of para-hydroxylation sites is 1. The summed E-state index contributed by atoms with van der Waals surface area (Å²) in [6.45, 7) is 2.44. The molecule has 1 aromatic carbocycles. The quantitative estimate of drug-likeness (QED) is 0.927. The van der Waals surface area contributed by atoms with Crippen molar-refractivity contribution in [3.05, 3.63) is 45.9 Å². The number of carbonyl (C=O) groups excluding carboxylic acids is 1. The number of benzene rings is 1. The number of amides is 1. The molecule has 0 fully saturated rings. The summed E-state index contributed by atoms with van der Waals surface area (Å²) >= 11 is 1.44. The van der Waals surface area contributed by atoms with Gasteiger partial charge in [-0.2, -0.15) is 0 Å². The molecule has 1 amide bonds. The van der Waals surface area contributed by atoms with Crippen LogP contribution in [0, 0.1) is 0 Å². The number of nitrogens with zero attached hydrogens (tertiary/aromatic N) is 2. The van der Waals surface area contributed by atoms with Crippen molar-refractivity contribution >= 4 is 35.3 Å². The second-order valence-corrected chi connectivity index (χ2v) is 5.63. The highest BCUT2D eigenvalue weighted by molar-refractivity contribution is 7.09. The second kappa shape index (κ2) is 5.91. The molecular formula is C14H16ClN3OS. The van der Waals surface area contributed by atoms with E-state index >= 15 is 0 Å². The zero-order valence-electron chi connectivity index (χ0n) is 11.1. The van der Waals surface area contributed by atoms with Gasteiger partial charge in [-0.15, -0.1) is 23.7 Å². The van der Waals surface area contributed by atoms with E-state index in [2.05, 4.69) is 18.0 Å². The first-order valence-corrected chi connectivity index (χ1v) is 7.14. The largest absolute Gasteiger partial charge is 0.325 e. The molecule has 0 spiro atoms. The lowest BCUT2D eigenvalue weighted by atomic mass is 10.1. The molecule has 0 aliphatic carbocycles. The molecule has 1 aromatic heterocycles. The molecule has 0 saturated heterocycles. The fourth-order valence-electron chi connectivity index (χ4n) is 2.50. The zero-order valence-corrected chi connectivity index (χ0v) is 12.7. The molecule has 2 heterocycles. The van der Waals surface area contributed by atoms with E-state index in [0.29, 0.717) is 12.2 Å². The van der Waals surface area contributed by atoms with Crippen LogP contribution in [0.25, 0.3) is 0 Å². The summed E-state index contributed by atoms with van der Waals surface area (Å²) in [6, 6.07) is 8.21. The maximum Gasteiger partial charge on any atom is 0.278 e. The van der Waals surface area contributed by atoms with Gasteiger partial charge in [-0.1, -0.05) is 18.2 Å². The Kier molecular flexibility index (Phi) is 4.42. The minimum atomic E-state index is -0.0339. The lowest BCUT2D eigenvalue weighted by Gasteiger charge is -2.21. The van der Waals surface area contributed by atoms with Gasteiger partial charge in [0.25, 0.3) is 5.91 Å². The van der Waals surface area contributed by atoms with Crippen LogP contribution in [0.4, 0.5) is 5.69 Å². The SMILES string of the molecule is CC1Cc2ccccc2N1C(=O)c1csc(CN)n1.Cl. The fourth-order valence-corrected chi connectivity index (χ4v) is 3.15. The van der Waals surface area contributed by atoms with Crippen molar-refractivity contribution in [2.75, 3.05) is 4.90 Å². The van der Waals surface area contributed by atoms with Gasteiger partial charge in [0, 0.05) is 23.7 Å². The molecule has 6 heteroatoms. The van der Waals surface area contributed by atoms with Crippen LogP contribution in [0.2, 0.25) is 0 Å². The van der Waals surface area contributed by atoms with Crippen LogP contribution >= 0.6 is 23.7 Å². The number of hydrogen-bond donors (Lipinski definition) is 1. The summed E-state index contributed by atoms with van der Waals surface area (Å²) < 4.78 is 0. The Hall–Kier alpha value is -1.43. The zero-order chi connectivity index (χ0) is 13.4. The molecule has 2 N–H and O–H groups in total. The van der Waals surface area contributed by atoms with Crippen LogP contribution < -0.4 is 10.6 Å². The fraction of sp³-hybridized carbons (Fsp3) is 0.286. The maximum atomic E-state index is 12.6. The molecule has 1 aliphatic heterocycles. The van der Waals surface area contributed by atoms with E-state index in [1.807, 2.05) is 23.1 Å². The van der Waals surface area contributed by atoms with Gasteiger partial charge in [0.1, 0.15) is 10.7 Å². The minimum absolute atomic E-state index is 0. The molecule has 20 heavy (non-hydrogen) atoms. The van der Waals surface area contributed by atoms with E-state index in [1.54, 1.807) is 5.38 Å². The van der Waals surface area contributed by atoms with E-state index in [4.69, 9.17) is 5.73 Å². The molecule has 4 nitrogen and oxygen atoms in total. The van der Waals surface area contributed by atoms with Gasteiger partial charge in [0.05, 0.1) is 0 Å². The Balaban J connectivity index is 0.00000147. The highest BCUT2D eigenvalue weighted by Gasteiger charge is 2.32. The number of halogens is 1. The molecule has 1 aliphatic rings. The van der Waals surface area contributed by atoms with Crippen molar-refractivity contribution in [3.63, 3.8) is 0 Å². The summed E-state index contributed by atoms with van der Waals surface area (Å²) in [4.78, 5) is 18.7. The number of nitrogens with two attached hydrogens (primary N) is 1. The number of aromatic nitrogens is 1. The Morgan fingerprint density at radius 2 is 2.25 bits per heavy atom. The first-order valence-electron chi connectivity index (χ1n) is 6.26. The third-order valence-corrected chi connectivity index (χ3v) is 4.24. The van der Waals surface area contributed by atoms with Crippen LogP contribution in [0.3, 0.4) is 0 Å². The molecule has 0 radical (unpaired) electrons. The number of anilines is 1. The van der Waals surface area contributed by atoms with Crippen molar-refractivity contribution in [2.45, 2.75) is 25.9 Å². The molecule has 0 saturated carbocycles. The average molecular weight is 310 g/mol. The van der Waals surface area contributed by atoms with E-state index in [1.165, 1.54) is 16.9 Å². The van der Waals surface area contributed by atoms with Gasteiger partial charge >= 0.3 is 0 Å². The number of thiazole rings is 1. The first-order chi connectivity index (χ1) is 9.20. The smallest absolute Gasteiger partial charge is 0.278 e. The van der Waals surface area contributed by atoms with Crippen molar-refractivity contribution in [3.8, 4) is 0 Å². The summed E-state index contributed by atoms with van der Waals surface area (Å²) in [5.74, 6) is -0.0339. The highest BCUT2D eigenvalue weighted by Crippen LogP contribution is 2.33. The molecule has 2 aromatic rings. The van der Waals surface area contributed by atoms with E-state index in [9.17, 15) is 4.79 Å². The van der Waals surface area contributed by atoms with Gasteiger partial charge in [-0.25, -0.2) is 4.98 Å². The standard InChI is InChI=1S/C14H15N3OS.ClH/c1-9-6-10-4-2-3-5-12(10)17(9)14(18)11-8-19-13(7-15)16-11;/h2-5,8-9H,6-7,15H2,1H3;1H.